The molecule has 0 fully saturated rings. The molecular formula is C18H15FN2O3. The number of ether oxygens (including phenoxy) is 1. The summed E-state index contributed by atoms with van der Waals surface area (Å²) in [6.45, 7) is 1.48. The maximum absolute atomic E-state index is 14.2. The number of nitrogens with one attached hydrogen (secondary N) is 2. The Balaban J connectivity index is 2.19. The van der Waals surface area contributed by atoms with Crippen LogP contribution in [0.15, 0.2) is 24.4 Å². The number of fused-ring (bicyclic) bond motifs is 1. The number of halogens is 1. The molecule has 24 heavy (non-hydrogen) atoms. The van der Waals surface area contributed by atoms with Crippen LogP contribution in [0.1, 0.15) is 23.7 Å². The quantitative estimate of drug-likeness (QED) is 0.586. The minimum absolute atomic E-state index is 0.0727. The van der Waals surface area contributed by atoms with E-state index >= 15 is 0 Å². The summed E-state index contributed by atoms with van der Waals surface area (Å²) in [6.07, 6.45) is 2.37. The molecule has 0 aliphatic carbocycles. The van der Waals surface area contributed by atoms with Gasteiger partial charge in [0.25, 0.3) is 5.91 Å². The van der Waals surface area contributed by atoms with Crippen LogP contribution in [-0.4, -0.2) is 29.2 Å². The van der Waals surface area contributed by atoms with Gasteiger partial charge in [0.1, 0.15) is 17.7 Å². The molecule has 1 aromatic heterocycles. The van der Waals surface area contributed by atoms with Crippen molar-refractivity contribution in [2.75, 3.05) is 12.4 Å². The average molecular weight is 326 g/mol. The molecule has 5 nitrogen and oxygen atoms in total. The van der Waals surface area contributed by atoms with Gasteiger partial charge >= 0.3 is 0 Å². The number of carbonyl (C=O) groups is 1. The Morgan fingerprint density at radius 1 is 1.38 bits per heavy atom. The molecule has 0 radical (unpaired) electrons. The number of aliphatic hydroxyl groups is 1. The van der Waals surface area contributed by atoms with Gasteiger partial charge in [0.05, 0.1) is 29.6 Å². The van der Waals surface area contributed by atoms with Crippen LogP contribution < -0.4 is 10.1 Å². The third-order valence-electron chi connectivity index (χ3n) is 3.57. The first-order chi connectivity index (χ1) is 11.5. The van der Waals surface area contributed by atoms with Gasteiger partial charge in [-0.2, -0.15) is 0 Å². The van der Waals surface area contributed by atoms with Crippen LogP contribution in [0.5, 0.6) is 5.75 Å². The molecule has 1 atom stereocenters. The van der Waals surface area contributed by atoms with E-state index in [1.54, 1.807) is 18.3 Å². The molecule has 6 heteroatoms. The van der Waals surface area contributed by atoms with Gasteiger partial charge in [0.2, 0.25) is 0 Å². The Kier molecular flexibility index (Phi) is 4.11. The number of hydrogen-bond acceptors (Lipinski definition) is 3. The summed E-state index contributed by atoms with van der Waals surface area (Å²) in [5, 5.41) is 12.0. The van der Waals surface area contributed by atoms with Gasteiger partial charge in [-0.3, -0.25) is 4.79 Å². The minimum Gasteiger partial charge on any atom is -0.495 e. The second kappa shape index (κ2) is 6.22. The highest BCUT2D eigenvalue weighted by atomic mass is 19.1. The topological polar surface area (TPSA) is 74.4 Å². The van der Waals surface area contributed by atoms with Gasteiger partial charge < -0.3 is 20.1 Å². The zero-order chi connectivity index (χ0) is 17.3. The van der Waals surface area contributed by atoms with Crippen molar-refractivity contribution in [1.29, 1.82) is 0 Å². The number of aromatic amines is 1. The molecule has 2 aromatic rings. The van der Waals surface area contributed by atoms with Crippen molar-refractivity contribution < 1.29 is 19.0 Å². The van der Waals surface area contributed by atoms with E-state index in [1.807, 2.05) is 0 Å². The van der Waals surface area contributed by atoms with Crippen LogP contribution in [0.2, 0.25) is 0 Å². The highest BCUT2D eigenvalue weighted by molar-refractivity contribution is 6.35. The number of H-pyrrole nitrogens is 1. The molecule has 0 saturated carbocycles. The normalized spacial score (nSPS) is 15.5. The molecule has 3 N–H and O–H groups in total. The Bertz CT molecular complexity index is 901. The number of aromatic nitrogens is 1. The van der Waals surface area contributed by atoms with Crippen LogP contribution in [0.3, 0.4) is 0 Å². The number of rotatable bonds is 2. The van der Waals surface area contributed by atoms with Crippen LogP contribution in [0.25, 0.3) is 11.6 Å². The van der Waals surface area contributed by atoms with E-state index in [4.69, 9.17) is 4.74 Å². The maximum Gasteiger partial charge on any atom is 0.256 e. The molecular weight excluding hydrogens is 311 g/mol. The van der Waals surface area contributed by atoms with Gasteiger partial charge in [-0.15, -0.1) is 0 Å². The van der Waals surface area contributed by atoms with Gasteiger partial charge in [0, 0.05) is 11.8 Å². The summed E-state index contributed by atoms with van der Waals surface area (Å²) in [5.74, 6) is 4.80. The summed E-state index contributed by atoms with van der Waals surface area (Å²) in [7, 11) is 1.52. The highest BCUT2D eigenvalue weighted by Crippen LogP contribution is 2.37. The maximum atomic E-state index is 14.2. The van der Waals surface area contributed by atoms with Gasteiger partial charge in [0.15, 0.2) is 0 Å². The predicted octanol–water partition coefficient (Wildman–Crippen LogP) is 2.39. The van der Waals surface area contributed by atoms with E-state index in [0.29, 0.717) is 22.7 Å². The van der Waals surface area contributed by atoms with E-state index < -0.39 is 11.9 Å². The number of hydrogen-bond donors (Lipinski definition) is 3. The SMILES string of the molecule is COc1cc[nH]c1C=C1C(=O)Nc2ccc(F)c(C#C[C@H](C)O)c21. The predicted molar refractivity (Wildman–Crippen MR) is 88.8 cm³/mol. The lowest BCUT2D eigenvalue weighted by Crippen LogP contribution is -2.03. The fourth-order valence-electron chi connectivity index (χ4n) is 2.50. The number of amides is 1. The van der Waals surface area contributed by atoms with Crippen LogP contribution in [0, 0.1) is 17.7 Å². The van der Waals surface area contributed by atoms with Crippen molar-refractivity contribution in [3.63, 3.8) is 0 Å². The van der Waals surface area contributed by atoms with Gasteiger partial charge in [-0.25, -0.2) is 4.39 Å². The third kappa shape index (κ3) is 2.77. The van der Waals surface area contributed by atoms with Crippen molar-refractivity contribution >= 4 is 23.2 Å². The van der Waals surface area contributed by atoms with E-state index in [1.165, 1.54) is 26.2 Å². The summed E-state index contributed by atoms with van der Waals surface area (Å²) in [4.78, 5) is 15.3. The fraction of sp³-hybridized carbons (Fsp3) is 0.167. The van der Waals surface area contributed by atoms with E-state index in [-0.39, 0.29) is 17.0 Å². The van der Waals surface area contributed by atoms with Crippen molar-refractivity contribution in [2.45, 2.75) is 13.0 Å². The Labute approximate surface area is 138 Å². The van der Waals surface area contributed by atoms with E-state index in [0.717, 1.165) is 0 Å². The third-order valence-corrected chi connectivity index (χ3v) is 3.57. The minimum atomic E-state index is -0.902. The second-order valence-electron chi connectivity index (χ2n) is 5.26. The Hall–Kier alpha value is -3.04. The van der Waals surface area contributed by atoms with Crippen LogP contribution >= 0.6 is 0 Å². The lowest BCUT2D eigenvalue weighted by Gasteiger charge is -2.05. The molecule has 3 rings (SSSR count). The lowest BCUT2D eigenvalue weighted by molar-refractivity contribution is -0.110. The first-order valence-electron chi connectivity index (χ1n) is 7.28. The molecule has 1 aliphatic rings. The average Bonchev–Trinajstić information content (AvgIpc) is 3.11. The Morgan fingerprint density at radius 3 is 2.88 bits per heavy atom. The molecule has 1 amide bonds. The molecule has 122 valence electrons. The number of methoxy groups -OCH3 is 1. The number of aliphatic hydroxyl groups excluding tert-OH is 1. The van der Waals surface area contributed by atoms with Crippen molar-refractivity contribution in [2.24, 2.45) is 0 Å². The van der Waals surface area contributed by atoms with E-state index in [9.17, 15) is 14.3 Å². The largest absolute Gasteiger partial charge is 0.495 e. The first-order valence-corrected chi connectivity index (χ1v) is 7.28. The number of benzene rings is 1. The molecule has 2 heterocycles. The van der Waals surface area contributed by atoms with Gasteiger partial charge in [-0.1, -0.05) is 11.8 Å². The Morgan fingerprint density at radius 2 is 2.17 bits per heavy atom. The zero-order valence-corrected chi connectivity index (χ0v) is 13.1. The molecule has 0 spiro atoms. The second-order valence-corrected chi connectivity index (χ2v) is 5.26. The number of anilines is 1. The summed E-state index contributed by atoms with van der Waals surface area (Å²) >= 11 is 0. The monoisotopic (exact) mass is 326 g/mol. The van der Waals surface area contributed by atoms with Gasteiger partial charge in [-0.05, 0) is 31.2 Å². The lowest BCUT2D eigenvalue weighted by atomic mass is 9.99. The number of carbonyl (C=O) groups excluding carboxylic acids is 1. The highest BCUT2D eigenvalue weighted by Gasteiger charge is 2.28. The fourth-order valence-corrected chi connectivity index (χ4v) is 2.50. The van der Waals surface area contributed by atoms with Crippen molar-refractivity contribution in [1.82, 2.24) is 4.98 Å². The van der Waals surface area contributed by atoms with Crippen LogP contribution in [-0.2, 0) is 4.79 Å². The molecule has 0 bridgehead atoms. The summed E-state index contributed by atoms with van der Waals surface area (Å²) in [5.41, 5.74) is 1.80. The van der Waals surface area contributed by atoms with Crippen molar-refractivity contribution in [3.05, 3.63) is 47.0 Å². The summed E-state index contributed by atoms with van der Waals surface area (Å²) < 4.78 is 19.4. The van der Waals surface area contributed by atoms with Crippen LogP contribution in [0.4, 0.5) is 10.1 Å². The molecule has 0 unspecified atom stereocenters. The van der Waals surface area contributed by atoms with Crippen molar-refractivity contribution in [3.8, 4) is 17.6 Å². The zero-order valence-electron chi connectivity index (χ0n) is 13.1. The summed E-state index contributed by atoms with van der Waals surface area (Å²) in [6, 6.07) is 4.45. The van der Waals surface area contributed by atoms with E-state index in [2.05, 4.69) is 22.1 Å². The molecule has 1 aliphatic heterocycles. The molecule has 0 saturated heterocycles. The standard InChI is InChI=1S/C18H15FN2O3/c1-10(22)3-4-11-13(19)5-6-14-17(11)12(18(23)21-14)9-15-16(24-2)7-8-20-15/h5-10,20,22H,1-2H3,(H,21,23)/t10-/m0/s1. The smallest absolute Gasteiger partial charge is 0.256 e. The first kappa shape index (κ1) is 15.8. The molecule has 1 aromatic carbocycles.